The monoisotopic (exact) mass is 419 g/mol. The maximum absolute atomic E-state index is 12.4. The molecule has 2 N–H and O–H groups in total. The largest absolute Gasteiger partial charge is 0.493 e. The van der Waals surface area contributed by atoms with Gasteiger partial charge in [-0.2, -0.15) is 14.0 Å². The lowest BCUT2D eigenvalue weighted by molar-refractivity contribution is -0.121. The average molecular weight is 419 g/mol. The van der Waals surface area contributed by atoms with Crippen LogP contribution in [0.4, 0.5) is 8.78 Å². The van der Waals surface area contributed by atoms with Crippen LogP contribution < -0.4 is 20.3 Å². The first-order chi connectivity index (χ1) is 14.3. The number of aromatic amines is 1. The third-order valence-corrected chi connectivity index (χ3v) is 4.70. The van der Waals surface area contributed by atoms with Crippen LogP contribution in [0.15, 0.2) is 23.0 Å². The van der Waals surface area contributed by atoms with E-state index in [1.54, 1.807) is 26.0 Å². The maximum Gasteiger partial charge on any atom is 0.387 e. The van der Waals surface area contributed by atoms with Gasteiger partial charge in [-0.05, 0) is 55.5 Å². The first-order valence-corrected chi connectivity index (χ1v) is 9.27. The molecule has 2 aromatic rings. The lowest BCUT2D eigenvalue weighted by Gasteiger charge is -2.12. The SMILES string of the molecule is COc1cc(CCNC(=O)CCc2c(C)[nH]c(=O)c(C#N)c2C)ccc1OC(F)F. The minimum atomic E-state index is -2.94. The molecular weight excluding hydrogens is 396 g/mol. The minimum absolute atomic E-state index is 0.0522. The van der Waals surface area contributed by atoms with Gasteiger partial charge < -0.3 is 19.8 Å². The Balaban J connectivity index is 1.91. The molecule has 0 saturated heterocycles. The summed E-state index contributed by atoms with van der Waals surface area (Å²) in [7, 11) is 1.36. The number of aromatic nitrogens is 1. The van der Waals surface area contributed by atoms with Crippen LogP contribution in [-0.4, -0.2) is 31.2 Å². The normalized spacial score (nSPS) is 10.6. The van der Waals surface area contributed by atoms with Gasteiger partial charge in [-0.15, -0.1) is 0 Å². The van der Waals surface area contributed by atoms with Crippen molar-refractivity contribution in [2.45, 2.75) is 39.7 Å². The Kier molecular flexibility index (Phi) is 7.92. The quantitative estimate of drug-likeness (QED) is 0.650. The predicted molar refractivity (Wildman–Crippen MR) is 106 cm³/mol. The molecule has 0 bridgehead atoms. The number of amides is 1. The summed E-state index contributed by atoms with van der Waals surface area (Å²) in [5, 5.41) is 11.9. The van der Waals surface area contributed by atoms with Crippen molar-refractivity contribution in [3.63, 3.8) is 0 Å². The number of hydrogen-bond acceptors (Lipinski definition) is 5. The van der Waals surface area contributed by atoms with E-state index >= 15 is 0 Å². The van der Waals surface area contributed by atoms with E-state index in [-0.39, 0.29) is 29.4 Å². The van der Waals surface area contributed by atoms with E-state index in [9.17, 15) is 18.4 Å². The van der Waals surface area contributed by atoms with E-state index in [1.807, 2.05) is 6.07 Å². The lowest BCUT2D eigenvalue weighted by atomic mass is 9.99. The number of nitrogens with one attached hydrogen (secondary N) is 2. The summed E-state index contributed by atoms with van der Waals surface area (Å²) in [4.78, 5) is 26.6. The summed E-state index contributed by atoms with van der Waals surface area (Å²) < 4.78 is 34.2. The number of carbonyl (C=O) groups is 1. The number of ether oxygens (including phenoxy) is 2. The van der Waals surface area contributed by atoms with Crippen molar-refractivity contribution in [2.75, 3.05) is 13.7 Å². The number of alkyl halides is 2. The topological polar surface area (TPSA) is 104 Å². The molecule has 0 radical (unpaired) electrons. The van der Waals surface area contributed by atoms with E-state index < -0.39 is 12.2 Å². The third kappa shape index (κ3) is 5.80. The Hall–Kier alpha value is -3.41. The number of H-pyrrole nitrogens is 1. The fourth-order valence-electron chi connectivity index (χ4n) is 3.15. The van der Waals surface area contributed by atoms with Crippen LogP contribution in [0.3, 0.4) is 0 Å². The van der Waals surface area contributed by atoms with E-state index in [2.05, 4.69) is 15.0 Å². The van der Waals surface area contributed by atoms with Crippen molar-refractivity contribution >= 4 is 5.91 Å². The summed E-state index contributed by atoms with van der Waals surface area (Å²) >= 11 is 0. The third-order valence-electron chi connectivity index (χ3n) is 4.70. The second-order valence-electron chi connectivity index (χ2n) is 6.63. The zero-order chi connectivity index (χ0) is 22.3. The Morgan fingerprint density at radius 3 is 2.63 bits per heavy atom. The second kappa shape index (κ2) is 10.4. The van der Waals surface area contributed by atoms with Gasteiger partial charge in [-0.1, -0.05) is 6.07 Å². The number of aryl methyl sites for hydroxylation is 1. The molecule has 1 amide bonds. The first-order valence-electron chi connectivity index (χ1n) is 9.27. The first kappa shape index (κ1) is 22.9. The molecule has 160 valence electrons. The number of halogens is 2. The summed E-state index contributed by atoms with van der Waals surface area (Å²) in [6.45, 7) is 0.841. The highest BCUT2D eigenvalue weighted by atomic mass is 19.3. The number of benzene rings is 1. The smallest absolute Gasteiger partial charge is 0.387 e. The van der Waals surface area contributed by atoms with Crippen molar-refractivity contribution < 1.29 is 23.0 Å². The van der Waals surface area contributed by atoms with Gasteiger partial charge >= 0.3 is 6.61 Å². The molecule has 0 saturated carbocycles. The molecule has 7 nitrogen and oxygen atoms in total. The Morgan fingerprint density at radius 2 is 2.00 bits per heavy atom. The van der Waals surface area contributed by atoms with Crippen LogP contribution >= 0.6 is 0 Å². The van der Waals surface area contributed by atoms with E-state index in [4.69, 9.17) is 10.00 Å². The molecule has 1 heterocycles. The summed E-state index contributed by atoms with van der Waals surface area (Å²) in [6.07, 6.45) is 1.07. The average Bonchev–Trinajstić information content (AvgIpc) is 2.68. The van der Waals surface area contributed by atoms with Gasteiger partial charge in [0.25, 0.3) is 5.56 Å². The zero-order valence-electron chi connectivity index (χ0n) is 17.0. The number of pyridine rings is 1. The highest BCUT2D eigenvalue weighted by Gasteiger charge is 2.14. The Morgan fingerprint density at radius 1 is 1.27 bits per heavy atom. The van der Waals surface area contributed by atoms with Crippen LogP contribution in [0.1, 0.15) is 34.4 Å². The van der Waals surface area contributed by atoms with E-state index in [0.29, 0.717) is 30.6 Å². The van der Waals surface area contributed by atoms with Crippen LogP contribution in [0.2, 0.25) is 0 Å². The molecule has 0 aliphatic rings. The number of nitriles is 1. The molecule has 0 aliphatic heterocycles. The molecule has 0 aliphatic carbocycles. The molecule has 1 aromatic heterocycles. The van der Waals surface area contributed by atoms with Crippen molar-refractivity contribution in [1.29, 1.82) is 5.26 Å². The number of rotatable bonds is 9. The number of methoxy groups -OCH3 is 1. The fourth-order valence-corrected chi connectivity index (χ4v) is 3.15. The standard InChI is InChI=1S/C21H23F2N3O4/c1-12-15(13(2)26-20(28)16(12)11-24)5-7-19(27)25-9-8-14-4-6-17(30-21(22)23)18(10-14)29-3/h4,6,10,21H,5,7-9H2,1-3H3,(H,25,27)(H,26,28). The van der Waals surface area contributed by atoms with Gasteiger partial charge in [0.15, 0.2) is 11.5 Å². The van der Waals surface area contributed by atoms with Gasteiger partial charge in [0.1, 0.15) is 11.6 Å². The van der Waals surface area contributed by atoms with Crippen LogP contribution in [0.25, 0.3) is 0 Å². The highest BCUT2D eigenvalue weighted by molar-refractivity contribution is 5.76. The molecule has 1 aromatic carbocycles. The molecule has 0 unspecified atom stereocenters. The second-order valence-corrected chi connectivity index (χ2v) is 6.63. The van der Waals surface area contributed by atoms with Crippen molar-refractivity contribution in [2.24, 2.45) is 0 Å². The molecular formula is C21H23F2N3O4. The summed E-state index contributed by atoms with van der Waals surface area (Å²) in [5.74, 6) is -0.0387. The fraction of sp³-hybridized carbons (Fsp3) is 0.381. The summed E-state index contributed by atoms with van der Waals surface area (Å²) in [6, 6.07) is 6.50. The van der Waals surface area contributed by atoms with Gasteiger partial charge in [-0.3, -0.25) is 9.59 Å². The molecule has 2 rings (SSSR count). The molecule has 0 spiro atoms. The van der Waals surface area contributed by atoms with Crippen molar-refractivity contribution in [3.8, 4) is 17.6 Å². The predicted octanol–water partition coefficient (Wildman–Crippen LogP) is 2.76. The minimum Gasteiger partial charge on any atom is -0.493 e. The van der Waals surface area contributed by atoms with Crippen LogP contribution in [0, 0.1) is 25.2 Å². The number of hydrogen-bond donors (Lipinski definition) is 2. The Labute approximate surface area is 172 Å². The number of nitrogens with zero attached hydrogens (tertiary/aromatic N) is 1. The number of carbonyl (C=O) groups excluding carboxylic acids is 1. The molecule has 9 heteroatoms. The van der Waals surface area contributed by atoms with Gasteiger partial charge in [-0.25, -0.2) is 0 Å². The van der Waals surface area contributed by atoms with Crippen LogP contribution in [-0.2, 0) is 17.6 Å². The van der Waals surface area contributed by atoms with Crippen molar-refractivity contribution in [1.82, 2.24) is 10.3 Å². The molecule has 0 atom stereocenters. The summed E-state index contributed by atoms with van der Waals surface area (Å²) in [5.41, 5.74) is 2.43. The maximum atomic E-state index is 12.4. The zero-order valence-corrected chi connectivity index (χ0v) is 17.0. The van der Waals surface area contributed by atoms with Crippen LogP contribution in [0.5, 0.6) is 11.5 Å². The van der Waals surface area contributed by atoms with E-state index in [0.717, 1.165) is 11.1 Å². The van der Waals surface area contributed by atoms with Gasteiger partial charge in [0.05, 0.1) is 7.11 Å². The van der Waals surface area contributed by atoms with Gasteiger partial charge in [0, 0.05) is 18.7 Å². The molecule has 0 fully saturated rings. The Bertz CT molecular complexity index is 1010. The van der Waals surface area contributed by atoms with Crippen molar-refractivity contribution in [3.05, 3.63) is 56.5 Å². The van der Waals surface area contributed by atoms with E-state index in [1.165, 1.54) is 13.2 Å². The molecule has 30 heavy (non-hydrogen) atoms. The lowest BCUT2D eigenvalue weighted by Crippen LogP contribution is -2.26. The van der Waals surface area contributed by atoms with Gasteiger partial charge in [0.2, 0.25) is 5.91 Å². The highest BCUT2D eigenvalue weighted by Crippen LogP contribution is 2.29.